The third kappa shape index (κ3) is 2.86. The van der Waals surface area contributed by atoms with Crippen LogP contribution in [0.5, 0.6) is 0 Å². The van der Waals surface area contributed by atoms with Gasteiger partial charge in [0.05, 0.1) is 11.5 Å². The van der Waals surface area contributed by atoms with Gasteiger partial charge in [0.15, 0.2) is 5.78 Å². The summed E-state index contributed by atoms with van der Waals surface area (Å²) < 4.78 is 26.1. The lowest BCUT2D eigenvalue weighted by atomic mass is 9.98. The fourth-order valence-electron chi connectivity index (χ4n) is 1.21. The molecule has 0 N–H and O–H groups in total. The summed E-state index contributed by atoms with van der Waals surface area (Å²) in [7, 11) is -3.40. The minimum absolute atomic E-state index is 0.0375. The van der Waals surface area contributed by atoms with Crippen molar-refractivity contribution in [1.29, 1.82) is 0 Å². The molecule has 0 heterocycles. The Morgan fingerprint density at radius 3 is 2.07 bits per heavy atom. The summed E-state index contributed by atoms with van der Waals surface area (Å²) in [6, 6.07) is 0. The van der Waals surface area contributed by atoms with Crippen LogP contribution in [0.1, 0.15) is 20.8 Å². The zero-order chi connectivity index (χ0) is 11.6. The number of Topliss-reactive ketones (excluding diaryl/α,β-unsaturated/α-hetero) is 1. The average molecular weight is 227 g/mol. The van der Waals surface area contributed by atoms with Crippen LogP contribution in [0.25, 0.3) is 0 Å². The predicted molar refractivity (Wildman–Crippen MR) is 59.4 cm³/mol. The second-order valence-corrected chi connectivity index (χ2v) is 5.29. The second kappa shape index (κ2) is 4.10. The Balaban J connectivity index is 3.17. The summed E-state index contributed by atoms with van der Waals surface area (Å²) in [5, 5.41) is 0. The Labute approximate surface area is 89.5 Å². The Kier molecular flexibility index (Phi) is 3.24. The molecule has 0 saturated heterocycles. The number of ketones is 1. The standard InChI is InChI=1S/C10H13NO3S/c1-4-15(13,14)11-9-5-7(2)10(12)8(3)6-9/h5-6H,4H2,1-3H3. The molecule has 0 aromatic heterocycles. The maximum absolute atomic E-state index is 11.4. The molecule has 0 radical (unpaired) electrons. The van der Waals surface area contributed by atoms with E-state index in [9.17, 15) is 13.2 Å². The van der Waals surface area contributed by atoms with Gasteiger partial charge in [0.2, 0.25) is 0 Å². The van der Waals surface area contributed by atoms with E-state index in [1.807, 2.05) is 0 Å². The molecule has 0 amide bonds. The lowest BCUT2D eigenvalue weighted by Gasteiger charge is -2.08. The first-order valence-corrected chi connectivity index (χ1v) is 6.20. The molecule has 1 aliphatic rings. The number of rotatable bonds is 2. The van der Waals surface area contributed by atoms with Gasteiger partial charge < -0.3 is 0 Å². The summed E-state index contributed by atoms with van der Waals surface area (Å²) in [5.41, 5.74) is 1.35. The molecular weight excluding hydrogens is 214 g/mol. The van der Waals surface area contributed by atoms with Crippen LogP contribution in [0.3, 0.4) is 0 Å². The fraction of sp³-hybridized carbons (Fsp3) is 0.400. The van der Waals surface area contributed by atoms with E-state index in [0.29, 0.717) is 16.9 Å². The number of hydrogen-bond donors (Lipinski definition) is 0. The molecule has 0 fully saturated rings. The van der Waals surface area contributed by atoms with E-state index in [-0.39, 0.29) is 11.5 Å². The van der Waals surface area contributed by atoms with Crippen molar-refractivity contribution in [3.05, 3.63) is 23.3 Å². The van der Waals surface area contributed by atoms with Crippen LogP contribution in [0.2, 0.25) is 0 Å². The van der Waals surface area contributed by atoms with E-state index >= 15 is 0 Å². The van der Waals surface area contributed by atoms with Crippen molar-refractivity contribution in [2.75, 3.05) is 5.75 Å². The van der Waals surface area contributed by atoms with Gasteiger partial charge >= 0.3 is 0 Å². The molecule has 0 spiro atoms. The van der Waals surface area contributed by atoms with Crippen LogP contribution in [-0.2, 0) is 14.8 Å². The highest BCUT2D eigenvalue weighted by atomic mass is 32.2. The summed E-state index contributed by atoms with van der Waals surface area (Å²) in [6.07, 6.45) is 2.98. The van der Waals surface area contributed by atoms with Crippen LogP contribution < -0.4 is 0 Å². The van der Waals surface area contributed by atoms with Gasteiger partial charge in [0, 0.05) is 0 Å². The highest BCUT2D eigenvalue weighted by Crippen LogP contribution is 2.13. The van der Waals surface area contributed by atoms with Gasteiger partial charge in [-0.2, -0.15) is 4.40 Å². The molecule has 0 aliphatic heterocycles. The van der Waals surface area contributed by atoms with E-state index in [1.165, 1.54) is 19.1 Å². The van der Waals surface area contributed by atoms with E-state index in [4.69, 9.17) is 0 Å². The van der Waals surface area contributed by atoms with E-state index in [2.05, 4.69) is 4.40 Å². The fourth-order valence-corrected chi connectivity index (χ4v) is 1.76. The molecule has 0 aromatic carbocycles. The van der Waals surface area contributed by atoms with Crippen molar-refractivity contribution >= 4 is 21.5 Å². The predicted octanol–water partition coefficient (Wildman–Crippen LogP) is 1.25. The van der Waals surface area contributed by atoms with Gasteiger partial charge in [-0.05, 0) is 44.1 Å². The molecule has 15 heavy (non-hydrogen) atoms. The summed E-state index contributed by atoms with van der Waals surface area (Å²) in [6.45, 7) is 4.82. The Bertz CT molecular complexity index is 457. The van der Waals surface area contributed by atoms with Crippen molar-refractivity contribution in [3.63, 3.8) is 0 Å². The summed E-state index contributed by atoms with van der Waals surface area (Å²) in [4.78, 5) is 11.4. The lowest BCUT2D eigenvalue weighted by molar-refractivity contribution is -0.112. The summed E-state index contributed by atoms with van der Waals surface area (Å²) in [5.74, 6) is -0.104. The van der Waals surface area contributed by atoms with Crippen LogP contribution in [0.4, 0.5) is 0 Å². The molecule has 82 valence electrons. The van der Waals surface area contributed by atoms with Crippen LogP contribution >= 0.6 is 0 Å². The maximum atomic E-state index is 11.4. The van der Waals surface area contributed by atoms with Gasteiger partial charge in [0.1, 0.15) is 0 Å². The number of nitrogens with zero attached hydrogens (tertiary/aromatic N) is 1. The van der Waals surface area contributed by atoms with E-state index in [1.54, 1.807) is 13.8 Å². The van der Waals surface area contributed by atoms with Crippen LogP contribution in [-0.4, -0.2) is 25.7 Å². The minimum atomic E-state index is -3.40. The van der Waals surface area contributed by atoms with E-state index in [0.717, 1.165) is 0 Å². The van der Waals surface area contributed by atoms with Gasteiger partial charge in [-0.15, -0.1) is 0 Å². The third-order valence-electron chi connectivity index (χ3n) is 2.05. The number of carbonyl (C=O) groups excluding carboxylic acids is 1. The molecular formula is C10H13NO3S. The quantitative estimate of drug-likeness (QED) is 0.667. The van der Waals surface area contributed by atoms with Crippen molar-refractivity contribution in [3.8, 4) is 0 Å². The highest BCUT2D eigenvalue weighted by molar-refractivity contribution is 7.90. The SMILES string of the molecule is CCS(=O)(=O)N=C1C=C(C)C(=O)C(C)=C1. The normalized spacial score (nSPS) is 17.3. The molecule has 1 rings (SSSR count). The number of hydrogen-bond acceptors (Lipinski definition) is 3. The van der Waals surface area contributed by atoms with Crippen LogP contribution in [0.15, 0.2) is 27.7 Å². The lowest BCUT2D eigenvalue weighted by Crippen LogP contribution is -2.12. The zero-order valence-corrected chi connectivity index (χ0v) is 9.76. The number of carbonyl (C=O) groups is 1. The molecule has 5 heteroatoms. The molecule has 0 saturated carbocycles. The first-order chi connectivity index (χ1) is 6.85. The topological polar surface area (TPSA) is 63.6 Å². The van der Waals surface area contributed by atoms with Crippen molar-refractivity contribution in [1.82, 2.24) is 0 Å². The molecule has 0 unspecified atom stereocenters. The Hall–Kier alpha value is -1.23. The number of sulfonamides is 1. The van der Waals surface area contributed by atoms with Gasteiger partial charge in [-0.25, -0.2) is 8.42 Å². The second-order valence-electron chi connectivity index (χ2n) is 3.37. The first-order valence-electron chi connectivity index (χ1n) is 4.59. The largest absolute Gasteiger partial charge is 0.289 e. The molecule has 1 aliphatic carbocycles. The first kappa shape index (κ1) is 11.8. The van der Waals surface area contributed by atoms with Gasteiger partial charge in [0.25, 0.3) is 10.0 Å². The molecule has 4 nitrogen and oxygen atoms in total. The monoisotopic (exact) mass is 227 g/mol. The third-order valence-corrected chi connectivity index (χ3v) is 3.27. The van der Waals surface area contributed by atoms with Crippen LogP contribution in [0, 0.1) is 0 Å². The Morgan fingerprint density at radius 1 is 1.20 bits per heavy atom. The van der Waals surface area contributed by atoms with Crippen molar-refractivity contribution < 1.29 is 13.2 Å². The molecule has 0 atom stereocenters. The average Bonchev–Trinajstić information content (AvgIpc) is 2.13. The zero-order valence-electron chi connectivity index (χ0n) is 8.94. The molecule has 0 bridgehead atoms. The smallest absolute Gasteiger partial charge is 0.253 e. The molecule has 0 aromatic rings. The number of allylic oxidation sites excluding steroid dienone is 4. The Morgan fingerprint density at radius 2 is 1.67 bits per heavy atom. The minimum Gasteiger partial charge on any atom is -0.289 e. The highest BCUT2D eigenvalue weighted by Gasteiger charge is 2.15. The van der Waals surface area contributed by atoms with Crippen molar-refractivity contribution in [2.45, 2.75) is 20.8 Å². The van der Waals surface area contributed by atoms with E-state index < -0.39 is 10.0 Å². The van der Waals surface area contributed by atoms with Gasteiger partial charge in [-0.3, -0.25) is 4.79 Å². The summed E-state index contributed by atoms with van der Waals surface area (Å²) >= 11 is 0. The van der Waals surface area contributed by atoms with Crippen molar-refractivity contribution in [2.24, 2.45) is 4.40 Å². The van der Waals surface area contributed by atoms with Gasteiger partial charge in [-0.1, -0.05) is 0 Å². The maximum Gasteiger partial charge on any atom is 0.253 e.